The molecule has 2 heteroatoms. The molecule has 0 aromatic rings. The summed E-state index contributed by atoms with van der Waals surface area (Å²) in [5.74, 6) is 1.36. The Hall–Kier alpha value is 0.310. The molecule has 0 saturated carbocycles. The third-order valence-electron chi connectivity index (χ3n) is 2.42. The average Bonchev–Trinajstić information content (AvgIpc) is 2.08. The van der Waals surface area contributed by atoms with Crippen LogP contribution in [-0.4, -0.2) is 23.7 Å². The van der Waals surface area contributed by atoms with Crippen molar-refractivity contribution in [2.75, 3.05) is 19.0 Å². The van der Waals surface area contributed by atoms with Crippen LogP contribution in [0.25, 0.3) is 0 Å². The summed E-state index contributed by atoms with van der Waals surface area (Å²) < 4.78 is 5.83. The summed E-state index contributed by atoms with van der Waals surface area (Å²) >= 11 is 2.15. The molecule has 2 saturated heterocycles. The molecule has 0 N–H and O–H groups in total. The minimum absolute atomic E-state index is 0.580. The van der Waals surface area contributed by atoms with E-state index in [9.17, 15) is 0 Å². The molecule has 0 amide bonds. The first kappa shape index (κ1) is 6.99. The lowest BCUT2D eigenvalue weighted by atomic mass is 9.99. The maximum absolute atomic E-state index is 5.25. The zero-order valence-electron chi connectivity index (χ0n) is 6.27. The fourth-order valence-corrected chi connectivity index (χ4v) is 3.05. The van der Waals surface area contributed by atoms with Crippen LogP contribution in [0.3, 0.4) is 0 Å². The molecule has 0 aromatic carbocycles. The van der Waals surface area contributed by atoms with Gasteiger partial charge in [-0.1, -0.05) is 12.8 Å². The van der Waals surface area contributed by atoms with Crippen molar-refractivity contribution in [3.63, 3.8) is 0 Å². The lowest BCUT2D eigenvalue weighted by Gasteiger charge is -2.40. The maximum Gasteiger partial charge on any atom is 0.0636 e. The van der Waals surface area contributed by atoms with E-state index in [0.717, 1.165) is 13.2 Å². The summed E-state index contributed by atoms with van der Waals surface area (Å²) in [7, 11) is 0. The number of hydrogen-bond donors (Lipinski definition) is 0. The summed E-state index contributed by atoms with van der Waals surface area (Å²) in [5, 5.41) is 0. The largest absolute Gasteiger partial charge is 0.378 e. The van der Waals surface area contributed by atoms with E-state index in [4.69, 9.17) is 4.74 Å². The van der Waals surface area contributed by atoms with E-state index in [1.165, 1.54) is 31.4 Å². The summed E-state index contributed by atoms with van der Waals surface area (Å²) in [6.45, 7) is 2.05. The Labute approximate surface area is 66.5 Å². The molecule has 0 bridgehead atoms. The molecule has 2 aliphatic heterocycles. The molecular formula is C8H14OS. The Balaban J connectivity index is 1.92. The van der Waals surface area contributed by atoms with Crippen molar-refractivity contribution >= 4 is 11.8 Å². The van der Waals surface area contributed by atoms with Crippen LogP contribution in [0.1, 0.15) is 25.7 Å². The van der Waals surface area contributed by atoms with Crippen LogP contribution in [0.15, 0.2) is 0 Å². The lowest BCUT2D eigenvalue weighted by molar-refractivity contribution is -0.0123. The smallest absolute Gasteiger partial charge is 0.0636 e. The molecule has 0 aliphatic carbocycles. The van der Waals surface area contributed by atoms with E-state index >= 15 is 0 Å². The van der Waals surface area contributed by atoms with Gasteiger partial charge in [-0.15, -0.1) is 0 Å². The zero-order valence-corrected chi connectivity index (χ0v) is 7.08. The highest BCUT2D eigenvalue weighted by molar-refractivity contribution is 8.00. The Kier molecular flexibility index (Phi) is 1.92. The van der Waals surface area contributed by atoms with Crippen molar-refractivity contribution in [1.82, 2.24) is 0 Å². The molecule has 58 valence electrons. The summed E-state index contributed by atoms with van der Waals surface area (Å²) in [6, 6.07) is 0. The van der Waals surface area contributed by atoms with Crippen molar-refractivity contribution in [2.45, 2.75) is 30.4 Å². The first-order chi connectivity index (χ1) is 4.91. The summed E-state index contributed by atoms with van der Waals surface area (Å²) in [6.07, 6.45) is 5.69. The predicted octanol–water partition coefficient (Wildman–Crippen LogP) is 2.06. The number of thioether (sulfide) groups is 1. The Morgan fingerprint density at radius 3 is 2.70 bits per heavy atom. The highest BCUT2D eigenvalue weighted by Gasteiger charge is 2.38. The quantitative estimate of drug-likeness (QED) is 0.533. The number of hydrogen-bond acceptors (Lipinski definition) is 2. The van der Waals surface area contributed by atoms with Crippen molar-refractivity contribution < 1.29 is 4.74 Å². The van der Waals surface area contributed by atoms with Gasteiger partial charge in [-0.25, -0.2) is 0 Å². The van der Waals surface area contributed by atoms with Crippen LogP contribution in [0.5, 0.6) is 0 Å². The second-order valence-electron chi connectivity index (χ2n) is 3.33. The molecule has 10 heavy (non-hydrogen) atoms. The third kappa shape index (κ3) is 1.19. The van der Waals surface area contributed by atoms with Crippen LogP contribution < -0.4 is 0 Å². The van der Waals surface area contributed by atoms with Crippen LogP contribution >= 0.6 is 11.8 Å². The van der Waals surface area contributed by atoms with E-state index < -0.39 is 0 Å². The van der Waals surface area contributed by atoms with Crippen LogP contribution in [-0.2, 0) is 4.74 Å². The van der Waals surface area contributed by atoms with E-state index in [-0.39, 0.29) is 0 Å². The maximum atomic E-state index is 5.25. The fourth-order valence-electron chi connectivity index (χ4n) is 1.64. The van der Waals surface area contributed by atoms with Gasteiger partial charge in [-0.2, -0.15) is 11.8 Å². The van der Waals surface area contributed by atoms with Crippen molar-refractivity contribution in [2.24, 2.45) is 0 Å². The van der Waals surface area contributed by atoms with E-state index in [2.05, 4.69) is 11.8 Å². The van der Waals surface area contributed by atoms with Gasteiger partial charge in [0.05, 0.1) is 18.0 Å². The predicted molar refractivity (Wildman–Crippen MR) is 44.5 cm³/mol. The van der Waals surface area contributed by atoms with Gasteiger partial charge >= 0.3 is 0 Å². The van der Waals surface area contributed by atoms with Gasteiger partial charge in [-0.05, 0) is 18.6 Å². The van der Waals surface area contributed by atoms with E-state index in [1.54, 1.807) is 0 Å². The Bertz CT molecular complexity index is 110. The molecule has 2 rings (SSSR count). The Morgan fingerprint density at radius 2 is 2.00 bits per heavy atom. The van der Waals surface area contributed by atoms with Gasteiger partial charge in [0, 0.05) is 0 Å². The highest BCUT2D eigenvalue weighted by Crippen LogP contribution is 2.40. The van der Waals surface area contributed by atoms with Gasteiger partial charge < -0.3 is 4.74 Å². The van der Waals surface area contributed by atoms with Crippen molar-refractivity contribution in [1.29, 1.82) is 0 Å². The number of rotatable bonds is 0. The second-order valence-corrected chi connectivity index (χ2v) is 4.90. The summed E-state index contributed by atoms with van der Waals surface area (Å²) in [4.78, 5) is 0. The first-order valence-electron chi connectivity index (χ1n) is 4.13. The SMILES string of the molecule is C1CCSC2(CC1)COC2. The molecule has 2 fully saturated rings. The topological polar surface area (TPSA) is 9.23 Å². The lowest BCUT2D eigenvalue weighted by Crippen LogP contribution is -2.46. The van der Waals surface area contributed by atoms with Crippen molar-refractivity contribution in [3.05, 3.63) is 0 Å². The number of ether oxygens (including phenoxy) is 1. The molecule has 1 spiro atoms. The highest BCUT2D eigenvalue weighted by atomic mass is 32.2. The van der Waals surface area contributed by atoms with Crippen LogP contribution in [0.2, 0.25) is 0 Å². The van der Waals surface area contributed by atoms with Gasteiger partial charge in [0.2, 0.25) is 0 Å². The molecule has 0 atom stereocenters. The molecular weight excluding hydrogens is 144 g/mol. The second kappa shape index (κ2) is 2.74. The van der Waals surface area contributed by atoms with Crippen LogP contribution in [0, 0.1) is 0 Å². The first-order valence-corrected chi connectivity index (χ1v) is 5.12. The monoisotopic (exact) mass is 158 g/mol. The summed E-state index contributed by atoms with van der Waals surface area (Å²) in [5.41, 5.74) is 0. The van der Waals surface area contributed by atoms with Crippen LogP contribution in [0.4, 0.5) is 0 Å². The standard InChI is InChI=1S/C8H14OS/c1-2-4-8(6-9-7-8)10-5-3-1/h1-7H2. The van der Waals surface area contributed by atoms with Gasteiger partial charge in [0.25, 0.3) is 0 Å². The normalized spacial score (nSPS) is 31.2. The minimum Gasteiger partial charge on any atom is -0.378 e. The molecule has 2 heterocycles. The van der Waals surface area contributed by atoms with Gasteiger partial charge in [0.15, 0.2) is 0 Å². The van der Waals surface area contributed by atoms with E-state index in [1.807, 2.05) is 0 Å². The van der Waals surface area contributed by atoms with E-state index in [0.29, 0.717) is 4.75 Å². The molecule has 0 aromatic heterocycles. The van der Waals surface area contributed by atoms with Gasteiger partial charge in [-0.3, -0.25) is 0 Å². The molecule has 1 nitrogen and oxygen atoms in total. The molecule has 0 unspecified atom stereocenters. The Morgan fingerprint density at radius 1 is 1.10 bits per heavy atom. The minimum atomic E-state index is 0.580. The van der Waals surface area contributed by atoms with Gasteiger partial charge in [0.1, 0.15) is 0 Å². The zero-order chi connectivity index (χ0) is 6.86. The van der Waals surface area contributed by atoms with Crippen molar-refractivity contribution in [3.8, 4) is 0 Å². The molecule has 0 radical (unpaired) electrons. The molecule has 2 aliphatic rings. The average molecular weight is 158 g/mol. The third-order valence-corrected chi connectivity index (χ3v) is 3.96. The fraction of sp³-hybridized carbons (Fsp3) is 1.00.